The molecule has 2 aromatic rings. The minimum Gasteiger partial charge on any atom is -0.381 e. The summed E-state index contributed by atoms with van der Waals surface area (Å²) in [4.78, 5) is 10.1. The van der Waals surface area contributed by atoms with Crippen LogP contribution in [-0.4, -0.2) is 4.92 Å². The van der Waals surface area contributed by atoms with Gasteiger partial charge in [-0.15, -0.1) is 0 Å². The van der Waals surface area contributed by atoms with Gasteiger partial charge in [0.25, 0.3) is 5.69 Å². The van der Waals surface area contributed by atoms with Crippen LogP contribution in [0.2, 0.25) is 0 Å². The Hall–Kier alpha value is -2.50. The predicted octanol–water partition coefficient (Wildman–Crippen LogP) is 3.79. The molecule has 4 nitrogen and oxygen atoms in total. The molecule has 0 aromatic heterocycles. The summed E-state index contributed by atoms with van der Waals surface area (Å²) >= 11 is 0. The molecule has 6 heteroatoms. The smallest absolute Gasteiger partial charge is 0.269 e. The van der Waals surface area contributed by atoms with Crippen LogP contribution in [0.3, 0.4) is 0 Å². The second kappa shape index (κ2) is 5.64. The van der Waals surface area contributed by atoms with Crippen molar-refractivity contribution in [1.82, 2.24) is 0 Å². The Bertz CT molecular complexity index is 660. The number of nitro groups is 1. The largest absolute Gasteiger partial charge is 0.381 e. The Morgan fingerprint density at radius 3 is 2.65 bits per heavy atom. The maximum atomic E-state index is 13.5. The van der Waals surface area contributed by atoms with Gasteiger partial charge in [0, 0.05) is 29.9 Å². The van der Waals surface area contributed by atoms with Crippen LogP contribution in [0, 0.1) is 28.7 Å². The van der Waals surface area contributed by atoms with E-state index in [9.17, 15) is 18.9 Å². The summed E-state index contributed by atoms with van der Waals surface area (Å²) in [6, 6.07) is 8.28. The summed E-state index contributed by atoms with van der Waals surface area (Å²) in [5.41, 5.74) is 1.49. The van der Waals surface area contributed by atoms with Crippen LogP contribution in [0.15, 0.2) is 36.4 Å². The molecule has 0 unspecified atom stereocenters. The Morgan fingerprint density at radius 1 is 1.25 bits per heavy atom. The highest BCUT2D eigenvalue weighted by Crippen LogP contribution is 2.22. The number of nitrogens with zero attached hydrogens (tertiary/aromatic N) is 1. The number of halogens is 2. The van der Waals surface area contributed by atoms with Gasteiger partial charge in [0.05, 0.1) is 4.92 Å². The van der Waals surface area contributed by atoms with E-state index in [2.05, 4.69) is 5.32 Å². The van der Waals surface area contributed by atoms with Crippen LogP contribution in [0.4, 0.5) is 20.2 Å². The first kappa shape index (κ1) is 13.9. The Morgan fingerprint density at radius 2 is 2.00 bits per heavy atom. The van der Waals surface area contributed by atoms with Crippen molar-refractivity contribution in [2.75, 3.05) is 5.32 Å². The molecule has 104 valence electrons. The zero-order chi connectivity index (χ0) is 14.7. The molecule has 0 aliphatic heterocycles. The lowest BCUT2D eigenvalue weighted by atomic mass is 10.1. The molecule has 2 rings (SSSR count). The fourth-order valence-electron chi connectivity index (χ4n) is 1.84. The van der Waals surface area contributed by atoms with Crippen molar-refractivity contribution >= 4 is 11.4 Å². The number of hydrogen-bond donors (Lipinski definition) is 1. The highest BCUT2D eigenvalue weighted by molar-refractivity contribution is 5.55. The first-order valence-corrected chi connectivity index (χ1v) is 5.91. The second-order valence-corrected chi connectivity index (χ2v) is 4.32. The lowest BCUT2D eigenvalue weighted by Crippen LogP contribution is -2.04. The number of non-ortho nitro benzene ring substituents is 1. The number of nitro benzene ring substituents is 1. The first-order chi connectivity index (χ1) is 9.49. The van der Waals surface area contributed by atoms with E-state index in [1.54, 1.807) is 13.0 Å². The van der Waals surface area contributed by atoms with Crippen molar-refractivity contribution in [2.45, 2.75) is 13.5 Å². The molecule has 0 saturated heterocycles. The number of anilines is 1. The number of benzene rings is 2. The summed E-state index contributed by atoms with van der Waals surface area (Å²) in [6.07, 6.45) is 0. The Balaban J connectivity index is 2.15. The van der Waals surface area contributed by atoms with Crippen molar-refractivity contribution in [3.05, 3.63) is 69.3 Å². The van der Waals surface area contributed by atoms with E-state index >= 15 is 0 Å². The van der Waals surface area contributed by atoms with Gasteiger partial charge in [-0.3, -0.25) is 10.1 Å². The molecule has 0 atom stereocenters. The predicted molar refractivity (Wildman–Crippen MR) is 71.5 cm³/mol. The molecule has 0 heterocycles. The highest BCUT2D eigenvalue weighted by atomic mass is 19.2. The van der Waals surface area contributed by atoms with Crippen molar-refractivity contribution in [2.24, 2.45) is 0 Å². The SMILES string of the molecule is Cc1cc([N+](=O)[O-])ccc1NCc1cccc(F)c1F. The average Bonchev–Trinajstić information content (AvgIpc) is 2.41. The molecule has 0 aliphatic carbocycles. The number of rotatable bonds is 4. The molecule has 1 N–H and O–H groups in total. The van der Waals surface area contributed by atoms with Gasteiger partial charge in [-0.05, 0) is 24.6 Å². The molecule has 0 bridgehead atoms. The maximum absolute atomic E-state index is 13.5. The van der Waals surface area contributed by atoms with E-state index in [4.69, 9.17) is 0 Å². The number of aryl methyl sites for hydroxylation is 1. The quantitative estimate of drug-likeness (QED) is 0.683. The van der Waals surface area contributed by atoms with Crippen LogP contribution in [0.5, 0.6) is 0 Å². The van der Waals surface area contributed by atoms with Gasteiger partial charge >= 0.3 is 0 Å². The highest BCUT2D eigenvalue weighted by Gasteiger charge is 2.10. The van der Waals surface area contributed by atoms with E-state index < -0.39 is 16.6 Å². The standard InChI is InChI=1S/C14H12F2N2O2/c1-9-7-11(18(19)20)5-6-13(9)17-8-10-3-2-4-12(15)14(10)16/h2-7,17H,8H2,1H3. The summed E-state index contributed by atoms with van der Waals surface area (Å²) in [5, 5.41) is 13.6. The van der Waals surface area contributed by atoms with Crippen LogP contribution in [-0.2, 0) is 6.54 Å². The van der Waals surface area contributed by atoms with E-state index in [1.165, 1.54) is 24.3 Å². The molecule has 0 saturated carbocycles. The molecular weight excluding hydrogens is 266 g/mol. The van der Waals surface area contributed by atoms with Crippen molar-refractivity contribution in [3.8, 4) is 0 Å². The van der Waals surface area contributed by atoms with Crippen LogP contribution < -0.4 is 5.32 Å². The average molecular weight is 278 g/mol. The van der Waals surface area contributed by atoms with Crippen molar-refractivity contribution in [1.29, 1.82) is 0 Å². The molecule has 2 aromatic carbocycles. The van der Waals surface area contributed by atoms with E-state index in [0.717, 1.165) is 6.07 Å². The zero-order valence-corrected chi connectivity index (χ0v) is 10.7. The fourth-order valence-corrected chi connectivity index (χ4v) is 1.84. The first-order valence-electron chi connectivity index (χ1n) is 5.91. The lowest BCUT2D eigenvalue weighted by molar-refractivity contribution is -0.384. The van der Waals surface area contributed by atoms with Crippen LogP contribution in [0.25, 0.3) is 0 Å². The fraction of sp³-hybridized carbons (Fsp3) is 0.143. The molecule has 20 heavy (non-hydrogen) atoms. The van der Waals surface area contributed by atoms with Crippen molar-refractivity contribution < 1.29 is 13.7 Å². The summed E-state index contributed by atoms with van der Waals surface area (Å²) in [7, 11) is 0. The third kappa shape index (κ3) is 2.90. The van der Waals surface area contributed by atoms with Crippen molar-refractivity contribution in [3.63, 3.8) is 0 Å². The summed E-state index contributed by atoms with van der Waals surface area (Å²) in [6.45, 7) is 1.81. The van der Waals surface area contributed by atoms with Gasteiger partial charge in [-0.25, -0.2) is 8.78 Å². The molecule has 0 spiro atoms. The van der Waals surface area contributed by atoms with E-state index in [-0.39, 0.29) is 17.8 Å². The zero-order valence-electron chi connectivity index (χ0n) is 10.7. The topological polar surface area (TPSA) is 55.2 Å². The molecule has 0 radical (unpaired) electrons. The maximum Gasteiger partial charge on any atom is 0.269 e. The second-order valence-electron chi connectivity index (χ2n) is 4.32. The Kier molecular flexibility index (Phi) is 3.93. The third-order valence-electron chi connectivity index (χ3n) is 2.92. The molecular formula is C14H12F2N2O2. The minimum absolute atomic E-state index is 0.00927. The normalized spacial score (nSPS) is 10.3. The lowest BCUT2D eigenvalue weighted by Gasteiger charge is -2.10. The summed E-state index contributed by atoms with van der Waals surface area (Å²) in [5.74, 6) is -1.79. The van der Waals surface area contributed by atoms with Gasteiger partial charge < -0.3 is 5.32 Å². The van der Waals surface area contributed by atoms with E-state index in [1.807, 2.05) is 0 Å². The minimum atomic E-state index is -0.898. The molecule has 0 fully saturated rings. The Labute approximate surface area is 114 Å². The van der Waals surface area contributed by atoms with Crippen LogP contribution in [0.1, 0.15) is 11.1 Å². The monoisotopic (exact) mass is 278 g/mol. The summed E-state index contributed by atoms with van der Waals surface area (Å²) < 4.78 is 26.5. The van der Waals surface area contributed by atoms with Gasteiger partial charge in [-0.2, -0.15) is 0 Å². The van der Waals surface area contributed by atoms with E-state index in [0.29, 0.717) is 11.3 Å². The third-order valence-corrected chi connectivity index (χ3v) is 2.92. The van der Waals surface area contributed by atoms with Crippen LogP contribution >= 0.6 is 0 Å². The number of hydrogen-bond acceptors (Lipinski definition) is 3. The molecule has 0 amide bonds. The van der Waals surface area contributed by atoms with Gasteiger partial charge in [0.1, 0.15) is 0 Å². The number of nitrogens with one attached hydrogen (secondary N) is 1. The molecule has 0 aliphatic rings. The van der Waals surface area contributed by atoms with Gasteiger partial charge in [0.15, 0.2) is 11.6 Å². The van der Waals surface area contributed by atoms with Gasteiger partial charge in [-0.1, -0.05) is 12.1 Å². The van der Waals surface area contributed by atoms with Gasteiger partial charge in [0.2, 0.25) is 0 Å².